The molecule has 0 aliphatic carbocycles. The van der Waals surface area contributed by atoms with Gasteiger partial charge < -0.3 is 4.42 Å². The van der Waals surface area contributed by atoms with Crippen LogP contribution in [0.2, 0.25) is 0 Å². The topological polar surface area (TPSA) is 46.3 Å². The van der Waals surface area contributed by atoms with Crippen molar-refractivity contribution in [3.63, 3.8) is 0 Å². The Labute approximate surface area is 163 Å². The number of nitrogens with zero attached hydrogens (tertiary/aromatic N) is 2. The van der Waals surface area contributed by atoms with E-state index in [1.165, 1.54) is 17.0 Å². The Kier molecular flexibility index (Phi) is 4.94. The van der Waals surface area contributed by atoms with Gasteiger partial charge in [-0.1, -0.05) is 48.4 Å². The number of hydrogen-bond donors (Lipinski definition) is 0. The highest BCUT2D eigenvalue weighted by atomic mass is 19.1. The maximum Gasteiger partial charge on any atom is 0.275 e. The summed E-state index contributed by atoms with van der Waals surface area (Å²) in [7, 11) is 1.70. The third-order valence-corrected chi connectivity index (χ3v) is 4.83. The number of oxazole rings is 1. The van der Waals surface area contributed by atoms with Crippen molar-refractivity contribution in [1.29, 1.82) is 0 Å². The minimum absolute atomic E-state index is 0.0195. The van der Waals surface area contributed by atoms with Crippen LogP contribution >= 0.6 is 0 Å². The van der Waals surface area contributed by atoms with Gasteiger partial charge in [-0.05, 0) is 35.6 Å². The largest absolute Gasteiger partial charge is 0.433 e. The molecule has 0 saturated carbocycles. The lowest BCUT2D eigenvalue weighted by Crippen LogP contribution is -2.39. The quantitative estimate of drug-likeness (QED) is 0.656. The molecule has 1 unspecified atom stereocenters. The number of hydrogen-bond acceptors (Lipinski definition) is 3. The highest BCUT2D eigenvalue weighted by Crippen LogP contribution is 2.31. The molecular formula is C23H19FN2O2. The second-order valence-corrected chi connectivity index (χ2v) is 6.86. The third kappa shape index (κ3) is 3.81. The average molecular weight is 374 g/mol. The maximum atomic E-state index is 13.1. The minimum atomic E-state index is -0.285. The fourth-order valence-electron chi connectivity index (χ4n) is 3.36. The molecule has 0 spiro atoms. The maximum absolute atomic E-state index is 13.1. The molecule has 0 bridgehead atoms. The smallest absolute Gasteiger partial charge is 0.275 e. The fraction of sp³-hybridized carbons (Fsp3) is 0.217. The predicted molar refractivity (Wildman–Crippen MR) is 104 cm³/mol. The van der Waals surface area contributed by atoms with Gasteiger partial charge in [-0.15, -0.1) is 0 Å². The number of carbonyl (C=O) groups is 1. The van der Waals surface area contributed by atoms with Gasteiger partial charge in [-0.3, -0.25) is 9.69 Å². The molecule has 1 aliphatic rings. The number of carbonyl (C=O) groups excluding carboxylic acids is 1. The lowest BCUT2D eigenvalue weighted by Gasteiger charge is -2.27. The summed E-state index contributed by atoms with van der Waals surface area (Å²) in [5.74, 6) is 6.96. The molecule has 0 fully saturated rings. The van der Waals surface area contributed by atoms with Crippen LogP contribution in [0.4, 0.5) is 10.2 Å². The van der Waals surface area contributed by atoms with Crippen LogP contribution in [0.5, 0.6) is 0 Å². The second-order valence-electron chi connectivity index (χ2n) is 6.86. The van der Waals surface area contributed by atoms with Crippen molar-refractivity contribution in [3.8, 4) is 11.8 Å². The molecule has 1 aromatic heterocycles. The lowest BCUT2D eigenvalue weighted by molar-refractivity contribution is -0.122. The minimum Gasteiger partial charge on any atom is -0.433 e. The highest BCUT2D eigenvalue weighted by Gasteiger charge is 2.34. The second kappa shape index (κ2) is 7.69. The number of halogens is 1. The molecule has 5 heteroatoms. The number of rotatable bonds is 3. The number of amides is 1. The molecule has 1 atom stereocenters. The normalized spacial score (nSPS) is 15.7. The van der Waals surface area contributed by atoms with Gasteiger partial charge in [0.05, 0.1) is 0 Å². The molecule has 1 aliphatic heterocycles. The van der Waals surface area contributed by atoms with E-state index in [4.69, 9.17) is 4.42 Å². The first kappa shape index (κ1) is 18.0. The molecule has 28 heavy (non-hydrogen) atoms. The SMILES string of the molecule is CN1C(=O)C(Cc2ccc(F)cc2)Cc2oc(C#CCc3ccccc3)nc21. The first-order valence-electron chi connectivity index (χ1n) is 9.14. The van der Waals surface area contributed by atoms with Gasteiger partial charge in [0.25, 0.3) is 5.89 Å². The first-order chi connectivity index (χ1) is 13.6. The van der Waals surface area contributed by atoms with Crippen LogP contribution in [0.15, 0.2) is 59.0 Å². The molecule has 4 rings (SSSR count). The molecule has 4 nitrogen and oxygen atoms in total. The Balaban J connectivity index is 1.50. The monoisotopic (exact) mass is 374 g/mol. The summed E-state index contributed by atoms with van der Waals surface area (Å²) in [4.78, 5) is 18.6. The van der Waals surface area contributed by atoms with Gasteiger partial charge >= 0.3 is 0 Å². The van der Waals surface area contributed by atoms with Crippen molar-refractivity contribution >= 4 is 11.7 Å². The Morgan fingerprint density at radius 3 is 2.64 bits per heavy atom. The summed E-state index contributed by atoms with van der Waals surface area (Å²) in [6.45, 7) is 0. The van der Waals surface area contributed by atoms with E-state index in [1.54, 1.807) is 19.2 Å². The molecular weight excluding hydrogens is 355 g/mol. The van der Waals surface area contributed by atoms with Gasteiger partial charge in [0.1, 0.15) is 5.82 Å². The van der Waals surface area contributed by atoms with Crippen molar-refractivity contribution in [1.82, 2.24) is 4.98 Å². The van der Waals surface area contributed by atoms with E-state index in [0.717, 1.165) is 11.1 Å². The summed E-state index contributed by atoms with van der Waals surface area (Å²) in [5, 5.41) is 0. The molecule has 3 aromatic rings. The standard InChI is InChI=1S/C23H19FN2O2/c1-26-22-20(15-18(23(26)27)14-17-10-12-19(24)13-11-17)28-21(25-22)9-5-8-16-6-3-2-4-7-16/h2-4,6-7,10-13,18H,8,14-15H2,1H3. The Morgan fingerprint density at radius 1 is 1.14 bits per heavy atom. The van der Waals surface area contributed by atoms with Gasteiger partial charge in [0.2, 0.25) is 5.91 Å². The molecule has 0 N–H and O–H groups in total. The van der Waals surface area contributed by atoms with Gasteiger partial charge in [0, 0.05) is 25.8 Å². The fourth-order valence-corrected chi connectivity index (χ4v) is 3.36. The van der Waals surface area contributed by atoms with Crippen LogP contribution in [0.3, 0.4) is 0 Å². The number of fused-ring (bicyclic) bond motifs is 1. The summed E-state index contributed by atoms with van der Waals surface area (Å²) >= 11 is 0. The molecule has 2 heterocycles. The van der Waals surface area contributed by atoms with Crippen molar-refractivity contribution < 1.29 is 13.6 Å². The van der Waals surface area contributed by atoms with E-state index in [-0.39, 0.29) is 17.6 Å². The zero-order valence-corrected chi connectivity index (χ0v) is 15.5. The molecule has 0 saturated heterocycles. The van der Waals surface area contributed by atoms with Crippen molar-refractivity contribution in [2.24, 2.45) is 5.92 Å². The number of benzene rings is 2. The van der Waals surface area contributed by atoms with Crippen molar-refractivity contribution in [2.45, 2.75) is 19.3 Å². The number of anilines is 1. The van der Waals surface area contributed by atoms with Crippen molar-refractivity contribution in [2.75, 3.05) is 11.9 Å². The third-order valence-electron chi connectivity index (χ3n) is 4.83. The molecule has 0 radical (unpaired) electrons. The van der Waals surface area contributed by atoms with Crippen LogP contribution in [-0.4, -0.2) is 17.9 Å². The van der Waals surface area contributed by atoms with Gasteiger partial charge in [-0.2, -0.15) is 4.98 Å². The molecule has 2 aromatic carbocycles. The number of aromatic nitrogens is 1. The summed E-state index contributed by atoms with van der Waals surface area (Å²) in [6, 6.07) is 16.2. The molecule has 140 valence electrons. The zero-order chi connectivity index (χ0) is 19.5. The van der Waals surface area contributed by atoms with E-state index in [2.05, 4.69) is 16.8 Å². The Hall–Kier alpha value is -3.39. The zero-order valence-electron chi connectivity index (χ0n) is 15.5. The average Bonchev–Trinajstić information content (AvgIpc) is 3.11. The van der Waals surface area contributed by atoms with Crippen LogP contribution in [0.1, 0.15) is 22.8 Å². The van der Waals surface area contributed by atoms with Crippen LogP contribution in [-0.2, 0) is 24.1 Å². The summed E-state index contributed by atoms with van der Waals surface area (Å²) < 4.78 is 18.9. The first-order valence-corrected chi connectivity index (χ1v) is 9.14. The van der Waals surface area contributed by atoms with E-state index in [1.807, 2.05) is 30.3 Å². The van der Waals surface area contributed by atoms with E-state index >= 15 is 0 Å². The van der Waals surface area contributed by atoms with Crippen LogP contribution in [0.25, 0.3) is 0 Å². The van der Waals surface area contributed by atoms with Gasteiger partial charge in [0.15, 0.2) is 11.6 Å². The Bertz CT molecular complexity index is 1050. The van der Waals surface area contributed by atoms with E-state index in [0.29, 0.717) is 36.7 Å². The highest BCUT2D eigenvalue weighted by molar-refractivity contribution is 5.96. The van der Waals surface area contributed by atoms with Gasteiger partial charge in [-0.25, -0.2) is 4.39 Å². The predicted octanol–water partition coefficient (Wildman–Crippen LogP) is 3.79. The van der Waals surface area contributed by atoms with E-state index < -0.39 is 0 Å². The Morgan fingerprint density at radius 2 is 1.89 bits per heavy atom. The summed E-state index contributed by atoms with van der Waals surface area (Å²) in [5.41, 5.74) is 2.04. The van der Waals surface area contributed by atoms with E-state index in [9.17, 15) is 9.18 Å². The summed E-state index contributed by atoms with van der Waals surface area (Å²) in [6.07, 6.45) is 1.59. The van der Waals surface area contributed by atoms with Crippen molar-refractivity contribution in [3.05, 3.63) is 83.2 Å². The van der Waals surface area contributed by atoms with Crippen LogP contribution in [0, 0.1) is 23.6 Å². The lowest BCUT2D eigenvalue weighted by atomic mass is 9.91. The van der Waals surface area contributed by atoms with Crippen LogP contribution < -0.4 is 4.90 Å². The molecule has 1 amide bonds.